The summed E-state index contributed by atoms with van der Waals surface area (Å²) in [6, 6.07) is -0.764. The van der Waals surface area contributed by atoms with Crippen molar-refractivity contribution >= 4 is 13.7 Å². The van der Waals surface area contributed by atoms with E-state index < -0.39 is 20.0 Å². The Hall–Kier alpha value is -0.500. The van der Waals surface area contributed by atoms with Crippen molar-refractivity contribution in [3.8, 4) is 0 Å². The lowest BCUT2D eigenvalue weighted by molar-refractivity contribution is -0.123. The molecule has 0 aliphatic heterocycles. The van der Waals surface area contributed by atoms with E-state index >= 15 is 0 Å². The number of phosphoric ester groups is 1. The Kier molecular flexibility index (Phi) is 32.1. The Morgan fingerprint density at radius 2 is 1.05 bits per heavy atom. The Bertz CT molecular complexity index is 669. The third-order valence-corrected chi connectivity index (χ3v) is 9.45. The fourth-order valence-corrected chi connectivity index (χ4v) is 6.37. The molecule has 3 unspecified atom stereocenters. The molecule has 0 aromatic rings. The molecular weight excluding hydrogens is 575 g/mol. The zero-order valence-electron chi connectivity index (χ0n) is 28.9. The molecular formula is C35H73N2O6P. The van der Waals surface area contributed by atoms with Crippen LogP contribution in [0.25, 0.3) is 0 Å². The van der Waals surface area contributed by atoms with Gasteiger partial charge in [0.25, 0.3) is 0 Å². The maximum atomic E-state index is 12.6. The maximum Gasteiger partial charge on any atom is 0.472 e. The third kappa shape index (κ3) is 30.2. The molecule has 0 fully saturated rings. The number of unbranched alkanes of at least 4 members (excludes halogenated alkanes) is 23. The molecule has 9 heteroatoms. The summed E-state index contributed by atoms with van der Waals surface area (Å²) in [6.07, 6.45) is 31.1. The highest BCUT2D eigenvalue weighted by atomic mass is 31.2. The molecule has 3 atom stereocenters. The van der Waals surface area contributed by atoms with Crippen molar-refractivity contribution in [2.75, 3.05) is 19.8 Å². The van der Waals surface area contributed by atoms with Gasteiger partial charge in [-0.05, 0) is 12.8 Å². The van der Waals surface area contributed by atoms with E-state index in [0.29, 0.717) is 12.8 Å². The second-order valence-electron chi connectivity index (χ2n) is 12.8. The summed E-state index contributed by atoms with van der Waals surface area (Å²) in [5, 5.41) is 13.7. The Labute approximate surface area is 272 Å². The van der Waals surface area contributed by atoms with Gasteiger partial charge in [0.15, 0.2) is 0 Å². The second kappa shape index (κ2) is 32.4. The van der Waals surface area contributed by atoms with Gasteiger partial charge in [-0.25, -0.2) is 4.57 Å². The predicted molar refractivity (Wildman–Crippen MR) is 185 cm³/mol. The first-order valence-corrected chi connectivity index (χ1v) is 20.1. The quantitative estimate of drug-likeness (QED) is 0.0398. The van der Waals surface area contributed by atoms with Crippen molar-refractivity contribution in [2.24, 2.45) is 5.73 Å². The number of amides is 1. The van der Waals surface area contributed by atoms with Crippen LogP contribution in [0.2, 0.25) is 0 Å². The number of hydrogen-bond acceptors (Lipinski definition) is 6. The molecule has 0 saturated carbocycles. The number of carbonyl (C=O) groups is 1. The second-order valence-corrected chi connectivity index (χ2v) is 14.3. The average Bonchev–Trinajstić information content (AvgIpc) is 3.01. The highest BCUT2D eigenvalue weighted by molar-refractivity contribution is 7.47. The first-order chi connectivity index (χ1) is 21.4. The van der Waals surface area contributed by atoms with E-state index in [1.807, 2.05) is 0 Å². The molecule has 44 heavy (non-hydrogen) atoms. The molecule has 264 valence electrons. The van der Waals surface area contributed by atoms with Crippen molar-refractivity contribution in [3.05, 3.63) is 0 Å². The lowest BCUT2D eigenvalue weighted by Crippen LogP contribution is -2.46. The van der Waals surface area contributed by atoms with Crippen LogP contribution in [0.15, 0.2) is 0 Å². The molecule has 0 bridgehead atoms. The molecule has 5 N–H and O–H groups in total. The van der Waals surface area contributed by atoms with E-state index in [1.54, 1.807) is 0 Å². The zero-order chi connectivity index (χ0) is 32.6. The molecule has 0 saturated heterocycles. The molecule has 1 amide bonds. The van der Waals surface area contributed by atoms with Crippen LogP contribution in [-0.2, 0) is 18.4 Å². The van der Waals surface area contributed by atoms with E-state index in [-0.39, 0.29) is 25.7 Å². The van der Waals surface area contributed by atoms with Crippen LogP contribution in [0, 0.1) is 0 Å². The van der Waals surface area contributed by atoms with Crippen LogP contribution in [-0.4, -0.2) is 47.8 Å². The molecule has 8 nitrogen and oxygen atoms in total. The minimum absolute atomic E-state index is 0.0920. The zero-order valence-corrected chi connectivity index (χ0v) is 29.8. The van der Waals surface area contributed by atoms with Crippen molar-refractivity contribution < 1.29 is 28.4 Å². The summed E-state index contributed by atoms with van der Waals surface area (Å²) in [4.78, 5) is 22.5. The molecule has 0 rings (SSSR count). The number of phosphoric acid groups is 1. The first kappa shape index (κ1) is 43.5. The number of nitrogens with one attached hydrogen (secondary N) is 1. The van der Waals surface area contributed by atoms with Gasteiger partial charge in [-0.15, -0.1) is 0 Å². The fraction of sp³-hybridized carbons (Fsp3) is 0.971. The van der Waals surface area contributed by atoms with E-state index in [4.69, 9.17) is 14.8 Å². The molecule has 0 aliphatic rings. The Morgan fingerprint density at radius 1 is 0.659 bits per heavy atom. The predicted octanol–water partition coefficient (Wildman–Crippen LogP) is 9.50. The summed E-state index contributed by atoms with van der Waals surface area (Å²) >= 11 is 0. The highest BCUT2D eigenvalue weighted by Gasteiger charge is 2.27. The van der Waals surface area contributed by atoms with Gasteiger partial charge in [0, 0.05) is 13.0 Å². The highest BCUT2D eigenvalue weighted by Crippen LogP contribution is 2.43. The number of rotatable bonds is 35. The van der Waals surface area contributed by atoms with E-state index in [2.05, 4.69) is 19.2 Å². The van der Waals surface area contributed by atoms with Gasteiger partial charge in [-0.3, -0.25) is 13.8 Å². The van der Waals surface area contributed by atoms with E-state index in [0.717, 1.165) is 38.5 Å². The van der Waals surface area contributed by atoms with Crippen LogP contribution < -0.4 is 11.1 Å². The molecule has 0 heterocycles. The van der Waals surface area contributed by atoms with Gasteiger partial charge in [0.1, 0.15) is 0 Å². The van der Waals surface area contributed by atoms with Gasteiger partial charge in [0.05, 0.1) is 25.4 Å². The maximum absolute atomic E-state index is 12.6. The Morgan fingerprint density at radius 3 is 1.45 bits per heavy atom. The molecule has 0 spiro atoms. The molecule has 0 aromatic heterocycles. The van der Waals surface area contributed by atoms with Crippen molar-refractivity contribution in [3.63, 3.8) is 0 Å². The fourth-order valence-electron chi connectivity index (χ4n) is 5.61. The third-order valence-electron chi connectivity index (χ3n) is 8.46. The minimum atomic E-state index is -4.30. The number of hydrogen-bond donors (Lipinski definition) is 4. The van der Waals surface area contributed by atoms with Crippen LogP contribution in [0.1, 0.15) is 187 Å². The summed E-state index contributed by atoms with van der Waals surface area (Å²) in [7, 11) is -4.30. The van der Waals surface area contributed by atoms with Gasteiger partial charge < -0.3 is 21.1 Å². The van der Waals surface area contributed by atoms with Gasteiger partial charge in [-0.1, -0.05) is 168 Å². The van der Waals surface area contributed by atoms with Crippen LogP contribution in [0.3, 0.4) is 0 Å². The van der Waals surface area contributed by atoms with E-state index in [9.17, 15) is 19.4 Å². The lowest BCUT2D eigenvalue weighted by Gasteiger charge is -2.25. The van der Waals surface area contributed by atoms with Crippen molar-refractivity contribution in [1.29, 1.82) is 0 Å². The average molecular weight is 649 g/mol. The lowest BCUT2D eigenvalue weighted by atomic mass is 10.0. The topological polar surface area (TPSA) is 131 Å². The van der Waals surface area contributed by atoms with Crippen molar-refractivity contribution in [1.82, 2.24) is 5.32 Å². The van der Waals surface area contributed by atoms with E-state index in [1.165, 1.54) is 122 Å². The summed E-state index contributed by atoms with van der Waals surface area (Å²) in [6.45, 7) is 4.19. The molecule has 0 aliphatic carbocycles. The minimum Gasteiger partial charge on any atom is -0.391 e. The normalized spacial score (nSPS) is 14.4. The number of aliphatic hydroxyl groups is 1. The smallest absolute Gasteiger partial charge is 0.391 e. The molecule has 0 aromatic carbocycles. The van der Waals surface area contributed by atoms with Gasteiger partial charge in [-0.2, -0.15) is 0 Å². The summed E-state index contributed by atoms with van der Waals surface area (Å²) in [5.74, 6) is -0.164. The van der Waals surface area contributed by atoms with Crippen LogP contribution in [0.5, 0.6) is 0 Å². The monoisotopic (exact) mass is 649 g/mol. The van der Waals surface area contributed by atoms with Crippen LogP contribution >= 0.6 is 7.82 Å². The van der Waals surface area contributed by atoms with Crippen molar-refractivity contribution in [2.45, 2.75) is 199 Å². The number of aliphatic hydroxyl groups excluding tert-OH is 1. The SMILES string of the molecule is CCCCCCCCCCCCCCCCCCC(O)C(COP(=O)(O)OCCN)NC(=O)CCCCCCCCCCC. The number of carbonyl (C=O) groups excluding carboxylic acids is 1. The Balaban J connectivity index is 4.19. The van der Waals surface area contributed by atoms with Crippen LogP contribution in [0.4, 0.5) is 0 Å². The van der Waals surface area contributed by atoms with Gasteiger partial charge in [0.2, 0.25) is 5.91 Å². The number of nitrogens with two attached hydrogens (primary N) is 1. The first-order valence-electron chi connectivity index (χ1n) is 18.7. The summed E-state index contributed by atoms with van der Waals surface area (Å²) < 4.78 is 22.0. The standard InChI is InChI=1S/C35H73N2O6P/c1-3-5-7-9-11-13-14-15-16-17-18-19-21-22-24-26-28-34(38)33(32-43-44(40,41)42-31-30-36)37-35(39)29-27-25-23-20-12-10-8-6-4-2/h33-34,38H,3-32,36H2,1-2H3,(H,37,39)(H,40,41). The van der Waals surface area contributed by atoms with Gasteiger partial charge >= 0.3 is 7.82 Å². The molecule has 0 radical (unpaired) electrons. The summed E-state index contributed by atoms with van der Waals surface area (Å²) in [5.41, 5.74) is 5.35. The largest absolute Gasteiger partial charge is 0.472 e.